The molecule has 2 aliphatic heterocycles. The van der Waals surface area contributed by atoms with Gasteiger partial charge in [-0.2, -0.15) is 0 Å². The zero-order chi connectivity index (χ0) is 23.3. The van der Waals surface area contributed by atoms with Crippen molar-refractivity contribution in [1.29, 1.82) is 0 Å². The molecule has 174 valence electrons. The third-order valence-corrected chi connectivity index (χ3v) is 5.91. The van der Waals surface area contributed by atoms with Gasteiger partial charge in [0.05, 0.1) is 23.0 Å². The fourth-order valence-corrected chi connectivity index (χ4v) is 4.15. The van der Waals surface area contributed by atoms with Gasteiger partial charge >= 0.3 is 11.9 Å². The quantitative estimate of drug-likeness (QED) is 0.355. The van der Waals surface area contributed by atoms with Gasteiger partial charge in [0.25, 0.3) is 11.6 Å². The Morgan fingerprint density at radius 2 is 1.81 bits per heavy atom. The molecular formula is C22H29N3O7. The van der Waals surface area contributed by atoms with Gasteiger partial charge in [0, 0.05) is 32.2 Å². The molecular weight excluding hydrogens is 418 g/mol. The van der Waals surface area contributed by atoms with E-state index in [4.69, 9.17) is 9.47 Å². The van der Waals surface area contributed by atoms with Crippen molar-refractivity contribution in [2.24, 2.45) is 5.92 Å². The number of carbonyl (C=O) groups excluding carboxylic acids is 3. The number of nitro benzene ring substituents is 1. The summed E-state index contributed by atoms with van der Waals surface area (Å²) in [5, 5.41) is 11.5. The van der Waals surface area contributed by atoms with Gasteiger partial charge in [0.15, 0.2) is 6.10 Å². The van der Waals surface area contributed by atoms with E-state index in [1.54, 1.807) is 17.9 Å². The van der Waals surface area contributed by atoms with Crippen molar-refractivity contribution in [2.75, 3.05) is 37.7 Å². The molecule has 0 radical (unpaired) electrons. The van der Waals surface area contributed by atoms with E-state index in [-0.39, 0.29) is 29.0 Å². The second-order valence-corrected chi connectivity index (χ2v) is 8.05. The van der Waals surface area contributed by atoms with E-state index in [1.807, 2.05) is 4.90 Å². The lowest BCUT2D eigenvalue weighted by Crippen LogP contribution is -2.45. The van der Waals surface area contributed by atoms with E-state index in [1.165, 1.54) is 19.1 Å². The van der Waals surface area contributed by atoms with E-state index in [0.717, 1.165) is 25.9 Å². The number of nitrogens with zero attached hydrogens (tertiary/aromatic N) is 3. The number of esters is 2. The van der Waals surface area contributed by atoms with Crippen molar-refractivity contribution in [3.63, 3.8) is 0 Å². The summed E-state index contributed by atoms with van der Waals surface area (Å²) in [6, 6.07) is 4.26. The molecule has 1 amide bonds. The van der Waals surface area contributed by atoms with Crippen LogP contribution in [0.4, 0.5) is 11.4 Å². The first kappa shape index (κ1) is 23.5. The van der Waals surface area contributed by atoms with Crippen molar-refractivity contribution in [1.82, 2.24) is 4.90 Å². The molecule has 1 aromatic carbocycles. The molecule has 1 aromatic rings. The van der Waals surface area contributed by atoms with Crippen LogP contribution >= 0.6 is 0 Å². The molecule has 0 bridgehead atoms. The number of ether oxygens (including phenoxy) is 2. The van der Waals surface area contributed by atoms with E-state index in [2.05, 4.69) is 0 Å². The molecule has 2 saturated heterocycles. The van der Waals surface area contributed by atoms with E-state index in [0.29, 0.717) is 38.2 Å². The third-order valence-electron chi connectivity index (χ3n) is 5.91. The zero-order valence-electron chi connectivity index (χ0n) is 18.5. The Bertz CT molecular complexity index is 874. The van der Waals surface area contributed by atoms with Gasteiger partial charge in [-0.1, -0.05) is 0 Å². The average molecular weight is 447 g/mol. The highest BCUT2D eigenvalue weighted by Gasteiger charge is 2.32. The van der Waals surface area contributed by atoms with Crippen molar-refractivity contribution < 1.29 is 28.8 Å². The fraction of sp³-hybridized carbons (Fsp3) is 0.591. The second-order valence-electron chi connectivity index (χ2n) is 8.05. The Labute approximate surface area is 186 Å². The van der Waals surface area contributed by atoms with Crippen molar-refractivity contribution in [2.45, 2.75) is 45.6 Å². The lowest BCUT2D eigenvalue weighted by Gasteiger charge is -2.32. The molecule has 10 heteroatoms. The molecule has 0 aliphatic carbocycles. The zero-order valence-corrected chi connectivity index (χ0v) is 18.5. The van der Waals surface area contributed by atoms with Crippen molar-refractivity contribution in [3.05, 3.63) is 33.9 Å². The summed E-state index contributed by atoms with van der Waals surface area (Å²) in [4.78, 5) is 51.6. The summed E-state index contributed by atoms with van der Waals surface area (Å²) in [6.45, 7) is 5.78. The number of anilines is 1. The minimum absolute atomic E-state index is 0.0281. The Kier molecular flexibility index (Phi) is 7.66. The summed E-state index contributed by atoms with van der Waals surface area (Å²) >= 11 is 0. The largest absolute Gasteiger partial charge is 0.466 e. The molecule has 2 heterocycles. The van der Waals surface area contributed by atoms with Gasteiger partial charge in [-0.25, -0.2) is 4.79 Å². The standard InChI is InChI=1S/C22H29N3O7/c1-3-31-21(27)16-8-12-24(13-9-16)20(26)15(2)32-22(28)17-6-7-18(19(14-17)25(29)30)23-10-4-5-11-23/h6-7,14-16H,3-5,8-13H2,1-2H3/t15-/m1/s1. The molecule has 0 unspecified atom stereocenters. The first-order valence-electron chi connectivity index (χ1n) is 11.0. The first-order chi connectivity index (χ1) is 15.3. The molecule has 2 fully saturated rings. The molecule has 32 heavy (non-hydrogen) atoms. The van der Waals surface area contributed by atoms with E-state index in [9.17, 15) is 24.5 Å². The SMILES string of the molecule is CCOC(=O)C1CCN(C(=O)[C@@H](C)OC(=O)c2ccc(N3CCCC3)c([N+](=O)[O-])c2)CC1. The Morgan fingerprint density at radius 1 is 1.16 bits per heavy atom. The lowest BCUT2D eigenvalue weighted by molar-refractivity contribution is -0.384. The van der Waals surface area contributed by atoms with Gasteiger partial charge in [-0.3, -0.25) is 19.7 Å². The Balaban J connectivity index is 1.60. The van der Waals surface area contributed by atoms with Crippen LogP contribution in [0.3, 0.4) is 0 Å². The van der Waals surface area contributed by atoms with Gasteiger partial charge < -0.3 is 19.3 Å². The van der Waals surface area contributed by atoms with Gasteiger partial charge in [-0.05, 0) is 51.7 Å². The van der Waals surface area contributed by atoms with Crippen molar-refractivity contribution in [3.8, 4) is 0 Å². The first-order valence-corrected chi connectivity index (χ1v) is 11.0. The van der Waals surface area contributed by atoms with Crippen LogP contribution in [-0.2, 0) is 19.1 Å². The van der Waals surface area contributed by atoms with Crippen LogP contribution in [0.15, 0.2) is 18.2 Å². The summed E-state index contributed by atoms with van der Waals surface area (Å²) in [5.74, 6) is -1.63. The number of hydrogen-bond acceptors (Lipinski definition) is 8. The fourth-order valence-electron chi connectivity index (χ4n) is 4.15. The summed E-state index contributed by atoms with van der Waals surface area (Å²) in [5.41, 5.74) is 0.360. The highest BCUT2D eigenvalue weighted by atomic mass is 16.6. The minimum atomic E-state index is -1.04. The smallest absolute Gasteiger partial charge is 0.339 e. The molecule has 0 aromatic heterocycles. The minimum Gasteiger partial charge on any atom is -0.466 e. The van der Waals surface area contributed by atoms with Gasteiger partial charge in [-0.15, -0.1) is 0 Å². The number of rotatable bonds is 7. The maximum absolute atomic E-state index is 12.7. The molecule has 10 nitrogen and oxygen atoms in total. The van der Waals surface area contributed by atoms with Crippen LogP contribution in [0.2, 0.25) is 0 Å². The van der Waals surface area contributed by atoms with Crippen LogP contribution in [0.5, 0.6) is 0 Å². The highest BCUT2D eigenvalue weighted by Crippen LogP contribution is 2.32. The maximum atomic E-state index is 12.7. The number of benzene rings is 1. The van der Waals surface area contributed by atoms with Gasteiger partial charge in [0.2, 0.25) is 0 Å². The van der Waals surface area contributed by atoms with Crippen molar-refractivity contribution >= 4 is 29.2 Å². The number of carbonyl (C=O) groups is 3. The normalized spacial score (nSPS) is 17.7. The predicted molar refractivity (Wildman–Crippen MR) is 115 cm³/mol. The summed E-state index contributed by atoms with van der Waals surface area (Å²) < 4.78 is 10.3. The Morgan fingerprint density at radius 3 is 2.41 bits per heavy atom. The highest BCUT2D eigenvalue weighted by molar-refractivity contribution is 5.93. The number of amides is 1. The second kappa shape index (κ2) is 10.4. The molecule has 1 atom stereocenters. The number of piperidine rings is 1. The van der Waals surface area contributed by atoms with Crippen LogP contribution in [-0.4, -0.2) is 66.6 Å². The number of hydrogen-bond donors (Lipinski definition) is 0. The number of likely N-dealkylation sites (tertiary alicyclic amines) is 1. The molecule has 0 saturated carbocycles. The number of nitro groups is 1. The summed E-state index contributed by atoms with van der Waals surface area (Å²) in [6.07, 6.45) is 1.89. The monoisotopic (exact) mass is 447 g/mol. The lowest BCUT2D eigenvalue weighted by atomic mass is 9.97. The van der Waals surface area contributed by atoms with Crippen LogP contribution in [0, 0.1) is 16.0 Å². The van der Waals surface area contributed by atoms with E-state index < -0.39 is 17.0 Å². The predicted octanol–water partition coefficient (Wildman–Crippen LogP) is 2.54. The Hall–Kier alpha value is -3.17. The molecule has 2 aliphatic rings. The van der Waals surface area contributed by atoms with Crippen LogP contribution in [0.25, 0.3) is 0 Å². The third kappa shape index (κ3) is 5.35. The molecule has 0 spiro atoms. The van der Waals surface area contributed by atoms with Crippen LogP contribution in [0.1, 0.15) is 49.9 Å². The topological polar surface area (TPSA) is 119 Å². The maximum Gasteiger partial charge on any atom is 0.339 e. The summed E-state index contributed by atoms with van der Waals surface area (Å²) in [7, 11) is 0. The molecule has 0 N–H and O–H groups in total. The van der Waals surface area contributed by atoms with Crippen LogP contribution < -0.4 is 4.90 Å². The average Bonchev–Trinajstić information content (AvgIpc) is 3.33. The van der Waals surface area contributed by atoms with Gasteiger partial charge in [0.1, 0.15) is 5.69 Å². The van der Waals surface area contributed by atoms with E-state index >= 15 is 0 Å². The molecule has 3 rings (SSSR count).